The maximum Gasteiger partial charge on any atom is 0.117 e. The number of nitrogens with zero attached hydrogens (tertiary/aromatic N) is 1. The summed E-state index contributed by atoms with van der Waals surface area (Å²) >= 11 is 0. The van der Waals surface area contributed by atoms with Gasteiger partial charge in [0.05, 0.1) is 12.8 Å². The van der Waals surface area contributed by atoms with Crippen LogP contribution in [-0.4, -0.2) is 30.1 Å². The number of likely N-dealkylation sites (tertiary alicyclic amines) is 1. The van der Waals surface area contributed by atoms with Crippen LogP contribution in [-0.2, 0) is 6.54 Å². The molecule has 3 heteroatoms. The highest BCUT2D eigenvalue weighted by Crippen LogP contribution is 2.25. The third-order valence-electron chi connectivity index (χ3n) is 4.39. The summed E-state index contributed by atoms with van der Waals surface area (Å²) in [7, 11) is 0. The number of hydrogen-bond donors (Lipinski definition) is 1. The molecule has 0 amide bonds. The molecule has 1 aliphatic heterocycles. The molecule has 1 unspecified atom stereocenters. The molecule has 0 aliphatic carbocycles. The zero-order valence-corrected chi connectivity index (χ0v) is 12.6. The molecule has 1 aromatic rings. The van der Waals surface area contributed by atoms with Crippen molar-refractivity contribution in [1.29, 1.82) is 0 Å². The van der Waals surface area contributed by atoms with E-state index in [9.17, 15) is 0 Å². The second-order valence-electron chi connectivity index (χ2n) is 6.36. The lowest BCUT2D eigenvalue weighted by Gasteiger charge is -2.43. The Balaban J connectivity index is 1.79. The summed E-state index contributed by atoms with van der Waals surface area (Å²) in [4.78, 5) is 2.65. The number of furan rings is 1. The highest BCUT2D eigenvalue weighted by Gasteiger charge is 2.30. The largest absolute Gasteiger partial charge is 0.468 e. The van der Waals surface area contributed by atoms with Gasteiger partial charge in [-0.1, -0.05) is 13.3 Å². The van der Waals surface area contributed by atoms with Gasteiger partial charge in [-0.15, -0.1) is 0 Å². The molecule has 0 spiro atoms. The molecule has 2 heterocycles. The Kier molecular flexibility index (Phi) is 5.06. The summed E-state index contributed by atoms with van der Waals surface area (Å²) in [5.41, 5.74) is 0.223. The van der Waals surface area contributed by atoms with Gasteiger partial charge in [0, 0.05) is 18.6 Å². The van der Waals surface area contributed by atoms with E-state index in [1.165, 1.54) is 32.4 Å². The van der Waals surface area contributed by atoms with Crippen LogP contribution >= 0.6 is 0 Å². The average Bonchev–Trinajstić information content (AvgIpc) is 2.92. The maximum absolute atomic E-state index is 5.35. The van der Waals surface area contributed by atoms with Crippen molar-refractivity contribution in [1.82, 2.24) is 10.2 Å². The molecule has 1 atom stereocenters. The molecule has 0 aromatic carbocycles. The van der Waals surface area contributed by atoms with Crippen LogP contribution in [0.4, 0.5) is 0 Å². The molecular formula is C16H28N2O. The number of piperidine rings is 1. The van der Waals surface area contributed by atoms with Gasteiger partial charge in [0.2, 0.25) is 0 Å². The molecule has 1 N–H and O–H groups in total. The lowest BCUT2D eigenvalue weighted by molar-refractivity contribution is 0.0646. The van der Waals surface area contributed by atoms with E-state index < -0.39 is 0 Å². The first-order chi connectivity index (χ1) is 9.12. The molecule has 1 aliphatic rings. The molecule has 0 saturated carbocycles. The zero-order valence-electron chi connectivity index (χ0n) is 12.6. The maximum atomic E-state index is 5.35. The Hall–Kier alpha value is -0.800. The van der Waals surface area contributed by atoms with Crippen LogP contribution in [0.2, 0.25) is 0 Å². The van der Waals surface area contributed by atoms with Crippen LogP contribution in [0.15, 0.2) is 22.8 Å². The van der Waals surface area contributed by atoms with Crippen molar-refractivity contribution >= 4 is 0 Å². The van der Waals surface area contributed by atoms with E-state index in [1.807, 2.05) is 12.1 Å². The molecule has 2 rings (SSSR count). The summed E-state index contributed by atoms with van der Waals surface area (Å²) in [6, 6.07) is 3.96. The minimum Gasteiger partial charge on any atom is -0.468 e. The van der Waals surface area contributed by atoms with Gasteiger partial charge < -0.3 is 9.73 Å². The second kappa shape index (κ2) is 6.58. The van der Waals surface area contributed by atoms with Crippen molar-refractivity contribution in [2.75, 3.05) is 19.6 Å². The molecule has 0 bridgehead atoms. The summed E-state index contributed by atoms with van der Waals surface area (Å²) in [6.45, 7) is 11.3. The quantitative estimate of drug-likeness (QED) is 0.855. The van der Waals surface area contributed by atoms with Crippen molar-refractivity contribution in [2.24, 2.45) is 5.92 Å². The van der Waals surface area contributed by atoms with Crippen molar-refractivity contribution in [3.05, 3.63) is 24.2 Å². The monoisotopic (exact) mass is 264 g/mol. The van der Waals surface area contributed by atoms with E-state index in [0.717, 1.165) is 24.8 Å². The molecule has 1 fully saturated rings. The first-order valence-electron chi connectivity index (χ1n) is 7.60. The van der Waals surface area contributed by atoms with E-state index in [0.29, 0.717) is 0 Å². The van der Waals surface area contributed by atoms with E-state index in [1.54, 1.807) is 6.26 Å². The molecule has 0 radical (unpaired) electrons. The zero-order chi connectivity index (χ0) is 13.7. The van der Waals surface area contributed by atoms with Gasteiger partial charge in [0.25, 0.3) is 0 Å². The van der Waals surface area contributed by atoms with Crippen LogP contribution in [0.25, 0.3) is 0 Å². The third kappa shape index (κ3) is 4.08. The predicted molar refractivity (Wildman–Crippen MR) is 79.1 cm³/mol. The van der Waals surface area contributed by atoms with Crippen molar-refractivity contribution in [3.8, 4) is 0 Å². The fraction of sp³-hybridized carbons (Fsp3) is 0.750. The Bertz CT molecular complexity index is 359. The van der Waals surface area contributed by atoms with Crippen LogP contribution in [0.1, 0.15) is 45.8 Å². The summed E-state index contributed by atoms with van der Waals surface area (Å²) in [5.74, 6) is 1.90. The average molecular weight is 264 g/mol. The Labute approximate surface area is 117 Å². The van der Waals surface area contributed by atoms with Gasteiger partial charge in [0.1, 0.15) is 5.76 Å². The third-order valence-corrected chi connectivity index (χ3v) is 4.39. The first kappa shape index (κ1) is 14.6. The number of rotatable bonds is 6. The van der Waals surface area contributed by atoms with Gasteiger partial charge in [-0.2, -0.15) is 0 Å². The SMILES string of the molecule is CCC1CCCN(C(C)(C)CNCc2ccco2)C1. The standard InChI is InChI=1S/C16H28N2O/c1-4-14-7-5-9-18(12-14)16(2,3)13-17-11-15-8-6-10-19-15/h6,8,10,14,17H,4-5,7,9,11-13H2,1-3H3. The van der Waals surface area contributed by atoms with Crippen LogP contribution in [0.5, 0.6) is 0 Å². The molecule has 3 nitrogen and oxygen atoms in total. The van der Waals surface area contributed by atoms with Crippen LogP contribution < -0.4 is 5.32 Å². The fourth-order valence-electron chi connectivity index (χ4n) is 2.96. The Morgan fingerprint density at radius 2 is 2.32 bits per heavy atom. The lowest BCUT2D eigenvalue weighted by Crippen LogP contribution is -2.54. The van der Waals surface area contributed by atoms with Crippen molar-refractivity contribution in [3.63, 3.8) is 0 Å². The summed E-state index contributed by atoms with van der Waals surface area (Å²) in [6.07, 6.45) is 5.80. The highest BCUT2D eigenvalue weighted by atomic mass is 16.3. The lowest BCUT2D eigenvalue weighted by atomic mass is 9.91. The van der Waals surface area contributed by atoms with Crippen LogP contribution in [0, 0.1) is 5.92 Å². The van der Waals surface area contributed by atoms with Gasteiger partial charge >= 0.3 is 0 Å². The summed E-state index contributed by atoms with van der Waals surface area (Å²) < 4.78 is 5.35. The molecule has 1 aromatic heterocycles. The van der Waals surface area contributed by atoms with Crippen molar-refractivity contribution < 1.29 is 4.42 Å². The van der Waals surface area contributed by atoms with E-state index in [4.69, 9.17) is 4.42 Å². The van der Waals surface area contributed by atoms with Gasteiger partial charge in [-0.05, 0) is 51.3 Å². The minimum absolute atomic E-state index is 0.223. The van der Waals surface area contributed by atoms with Crippen LogP contribution in [0.3, 0.4) is 0 Å². The Morgan fingerprint density at radius 1 is 1.47 bits per heavy atom. The number of nitrogens with one attached hydrogen (secondary N) is 1. The minimum atomic E-state index is 0.223. The Morgan fingerprint density at radius 3 is 3.00 bits per heavy atom. The smallest absolute Gasteiger partial charge is 0.117 e. The normalized spacial score (nSPS) is 21.7. The topological polar surface area (TPSA) is 28.4 Å². The fourth-order valence-corrected chi connectivity index (χ4v) is 2.96. The molecule has 19 heavy (non-hydrogen) atoms. The second-order valence-corrected chi connectivity index (χ2v) is 6.36. The first-order valence-corrected chi connectivity index (χ1v) is 7.60. The molecule has 108 valence electrons. The molecule has 1 saturated heterocycles. The highest BCUT2D eigenvalue weighted by molar-refractivity contribution is 4.98. The molecular weight excluding hydrogens is 236 g/mol. The van der Waals surface area contributed by atoms with E-state index in [-0.39, 0.29) is 5.54 Å². The van der Waals surface area contributed by atoms with Gasteiger partial charge in [-0.3, -0.25) is 4.90 Å². The summed E-state index contributed by atoms with van der Waals surface area (Å²) in [5, 5.41) is 3.52. The van der Waals surface area contributed by atoms with Crippen molar-refractivity contribution in [2.45, 2.75) is 52.1 Å². The van der Waals surface area contributed by atoms with Gasteiger partial charge in [-0.25, -0.2) is 0 Å². The van der Waals surface area contributed by atoms with E-state index in [2.05, 4.69) is 31.0 Å². The van der Waals surface area contributed by atoms with E-state index >= 15 is 0 Å². The predicted octanol–water partition coefficient (Wildman–Crippen LogP) is 3.27. The number of hydrogen-bond acceptors (Lipinski definition) is 3. The van der Waals surface area contributed by atoms with Gasteiger partial charge in [0.15, 0.2) is 0 Å².